The highest BCUT2D eigenvalue weighted by atomic mass is 32.1. The van der Waals surface area contributed by atoms with Gasteiger partial charge in [-0.15, -0.1) is 11.3 Å². The highest BCUT2D eigenvalue weighted by Crippen LogP contribution is 2.30. The fourth-order valence-corrected chi connectivity index (χ4v) is 5.86. The lowest BCUT2D eigenvalue weighted by atomic mass is 10.0. The van der Waals surface area contributed by atoms with E-state index in [4.69, 9.17) is 9.47 Å². The third-order valence-corrected chi connectivity index (χ3v) is 8.50. The first-order valence-corrected chi connectivity index (χ1v) is 15.0. The van der Waals surface area contributed by atoms with Gasteiger partial charge in [0.1, 0.15) is 23.5 Å². The molecule has 2 heterocycles. The number of carbonyl (C=O) groups excluding carboxylic acids is 2. The number of thiazole rings is 1. The number of para-hydroxylation sites is 1. The lowest BCUT2D eigenvalue weighted by molar-refractivity contribution is 0.0658. The number of amides is 2. The number of hydrogen-bond acceptors (Lipinski definition) is 8. The van der Waals surface area contributed by atoms with Crippen LogP contribution in [0.2, 0.25) is 0 Å². The molecule has 0 aliphatic carbocycles. The third kappa shape index (κ3) is 7.40. The predicted octanol–water partition coefficient (Wildman–Crippen LogP) is 4.97. The van der Waals surface area contributed by atoms with Crippen molar-refractivity contribution in [3.63, 3.8) is 0 Å². The van der Waals surface area contributed by atoms with Gasteiger partial charge in [-0.1, -0.05) is 36.4 Å². The summed E-state index contributed by atoms with van der Waals surface area (Å²) >= 11 is 1.50. The number of nitrogens with zero attached hydrogens (tertiary/aromatic N) is 2. The average Bonchev–Trinajstić information content (AvgIpc) is 3.69. The molecule has 1 saturated heterocycles. The Hall–Kier alpha value is -4.25. The standard InChI is InChI=1S/C33H36N4O5S/c1-21-19-43-32(35-21)29-18-42-20-37(29)33(40)26-11-7-10-25(15-26)31(39)36-22(2)30(38)16-24-9-4-5-13-28(24)34-17-23-8-6-12-27(14-23)41-3/h4-15,19,22,29-30,34,38H,16-18,20H2,1-3H3,(H,36,39)/t22-,29+,30+/m0/s1. The van der Waals surface area contributed by atoms with Gasteiger partial charge in [0.2, 0.25) is 0 Å². The summed E-state index contributed by atoms with van der Waals surface area (Å²) in [4.78, 5) is 32.7. The number of anilines is 1. The molecule has 10 heteroatoms. The molecule has 0 radical (unpaired) electrons. The van der Waals surface area contributed by atoms with Crippen molar-refractivity contribution >= 4 is 28.8 Å². The van der Waals surface area contributed by atoms with Crippen molar-refractivity contribution in [3.05, 3.63) is 111 Å². The van der Waals surface area contributed by atoms with Gasteiger partial charge in [0.05, 0.1) is 25.9 Å². The Kier molecular flexibility index (Phi) is 9.71. The summed E-state index contributed by atoms with van der Waals surface area (Å²) in [5.41, 5.74) is 4.55. The van der Waals surface area contributed by atoms with Gasteiger partial charge < -0.3 is 30.1 Å². The number of aliphatic hydroxyl groups is 1. The van der Waals surface area contributed by atoms with Crippen LogP contribution in [0.4, 0.5) is 5.69 Å². The SMILES string of the molecule is COc1cccc(CNc2ccccc2C[C@@H](O)[C@H](C)NC(=O)c2cccc(C(=O)N3COC[C@@H]3c3nc(C)cs3)c2)c1. The fraction of sp³-hybridized carbons (Fsp3) is 0.303. The number of benzene rings is 3. The van der Waals surface area contributed by atoms with Crippen molar-refractivity contribution < 1.29 is 24.2 Å². The summed E-state index contributed by atoms with van der Waals surface area (Å²) in [7, 11) is 1.64. The second-order valence-corrected chi connectivity index (χ2v) is 11.5. The Morgan fingerprint density at radius 1 is 1.12 bits per heavy atom. The lowest BCUT2D eigenvalue weighted by Crippen LogP contribution is -2.42. The molecule has 3 aromatic carbocycles. The summed E-state index contributed by atoms with van der Waals surface area (Å²) < 4.78 is 10.9. The molecular formula is C33H36N4O5S. The number of aryl methyl sites for hydroxylation is 1. The molecule has 2 amide bonds. The van der Waals surface area contributed by atoms with Crippen molar-refractivity contribution in [2.75, 3.05) is 25.8 Å². The quantitative estimate of drug-likeness (QED) is 0.223. The first-order chi connectivity index (χ1) is 20.8. The summed E-state index contributed by atoms with van der Waals surface area (Å²) in [6, 6.07) is 21.5. The van der Waals surface area contributed by atoms with Crippen molar-refractivity contribution in [1.82, 2.24) is 15.2 Å². The van der Waals surface area contributed by atoms with Crippen LogP contribution >= 0.6 is 11.3 Å². The largest absolute Gasteiger partial charge is 0.497 e. The van der Waals surface area contributed by atoms with Gasteiger partial charge in [0.15, 0.2) is 0 Å². The van der Waals surface area contributed by atoms with E-state index in [1.54, 1.807) is 43.2 Å². The topological polar surface area (TPSA) is 113 Å². The minimum Gasteiger partial charge on any atom is -0.497 e. The van der Waals surface area contributed by atoms with Gasteiger partial charge in [0.25, 0.3) is 11.8 Å². The number of ether oxygens (including phenoxy) is 2. The number of hydrogen-bond donors (Lipinski definition) is 3. The number of rotatable bonds is 11. The van der Waals surface area contributed by atoms with Crippen LogP contribution < -0.4 is 15.4 Å². The Labute approximate surface area is 255 Å². The zero-order chi connectivity index (χ0) is 30.3. The van der Waals surface area contributed by atoms with E-state index in [1.807, 2.05) is 60.8 Å². The highest BCUT2D eigenvalue weighted by Gasteiger charge is 2.33. The van der Waals surface area contributed by atoms with Crippen LogP contribution in [0, 0.1) is 6.92 Å². The normalized spacial score (nSPS) is 16.0. The molecule has 9 nitrogen and oxygen atoms in total. The van der Waals surface area contributed by atoms with E-state index in [0.717, 1.165) is 33.3 Å². The first kappa shape index (κ1) is 30.2. The van der Waals surface area contributed by atoms with Crippen molar-refractivity contribution in [2.45, 2.75) is 45.0 Å². The molecule has 43 heavy (non-hydrogen) atoms. The Morgan fingerprint density at radius 2 is 1.91 bits per heavy atom. The zero-order valence-corrected chi connectivity index (χ0v) is 25.3. The van der Waals surface area contributed by atoms with Gasteiger partial charge in [-0.3, -0.25) is 9.59 Å². The van der Waals surface area contributed by atoms with Crippen LogP contribution in [0.25, 0.3) is 0 Å². The van der Waals surface area contributed by atoms with Crippen LogP contribution in [0.5, 0.6) is 5.75 Å². The molecule has 0 spiro atoms. The molecular weight excluding hydrogens is 564 g/mol. The first-order valence-electron chi connectivity index (χ1n) is 14.2. The summed E-state index contributed by atoms with van der Waals surface area (Å²) in [5, 5.41) is 20.2. The highest BCUT2D eigenvalue weighted by molar-refractivity contribution is 7.09. The van der Waals surface area contributed by atoms with Crippen LogP contribution in [0.1, 0.15) is 55.5 Å². The second-order valence-electron chi connectivity index (χ2n) is 10.6. The maximum atomic E-state index is 13.4. The van der Waals surface area contributed by atoms with E-state index in [9.17, 15) is 14.7 Å². The Bertz CT molecular complexity index is 1570. The predicted molar refractivity (Wildman–Crippen MR) is 166 cm³/mol. The molecule has 1 aliphatic rings. The van der Waals surface area contributed by atoms with Crippen molar-refractivity contribution in [1.29, 1.82) is 0 Å². The van der Waals surface area contributed by atoms with Gasteiger partial charge in [-0.05, 0) is 61.4 Å². The molecule has 4 aromatic rings. The Morgan fingerprint density at radius 3 is 2.70 bits per heavy atom. The van der Waals surface area contributed by atoms with Crippen LogP contribution in [-0.2, 0) is 17.7 Å². The Balaban J connectivity index is 1.20. The molecule has 1 aliphatic heterocycles. The smallest absolute Gasteiger partial charge is 0.256 e. The van der Waals surface area contributed by atoms with E-state index in [1.165, 1.54) is 11.3 Å². The van der Waals surface area contributed by atoms with Crippen molar-refractivity contribution in [3.8, 4) is 5.75 Å². The average molecular weight is 601 g/mol. The molecule has 0 bridgehead atoms. The van der Waals surface area contributed by atoms with E-state index in [0.29, 0.717) is 30.7 Å². The maximum absolute atomic E-state index is 13.4. The minimum absolute atomic E-state index is 0.164. The molecule has 0 unspecified atom stereocenters. The summed E-state index contributed by atoms with van der Waals surface area (Å²) in [6.45, 7) is 4.83. The van der Waals surface area contributed by atoms with E-state index in [-0.39, 0.29) is 24.6 Å². The zero-order valence-electron chi connectivity index (χ0n) is 24.4. The van der Waals surface area contributed by atoms with Gasteiger partial charge >= 0.3 is 0 Å². The van der Waals surface area contributed by atoms with E-state index in [2.05, 4.69) is 15.6 Å². The molecule has 1 aromatic heterocycles. The number of carbonyl (C=O) groups is 2. The molecule has 224 valence electrons. The molecule has 0 saturated carbocycles. The minimum atomic E-state index is -0.835. The van der Waals surface area contributed by atoms with Crippen LogP contribution in [0.15, 0.2) is 78.2 Å². The fourth-order valence-electron chi connectivity index (χ4n) is 4.97. The lowest BCUT2D eigenvalue weighted by Gasteiger charge is -2.23. The molecule has 3 atom stereocenters. The van der Waals surface area contributed by atoms with Crippen molar-refractivity contribution in [2.24, 2.45) is 0 Å². The number of methoxy groups -OCH3 is 1. The van der Waals surface area contributed by atoms with Crippen LogP contribution in [-0.4, -0.2) is 59.4 Å². The maximum Gasteiger partial charge on any atom is 0.256 e. The van der Waals surface area contributed by atoms with Gasteiger partial charge in [-0.25, -0.2) is 4.98 Å². The number of aliphatic hydroxyl groups excluding tert-OH is 1. The van der Waals surface area contributed by atoms with E-state index < -0.39 is 12.1 Å². The third-order valence-electron chi connectivity index (χ3n) is 7.44. The summed E-state index contributed by atoms with van der Waals surface area (Å²) in [6.07, 6.45) is -0.494. The molecule has 3 N–H and O–H groups in total. The molecule has 1 fully saturated rings. The number of aromatic nitrogens is 1. The second kappa shape index (κ2) is 13.8. The summed E-state index contributed by atoms with van der Waals surface area (Å²) in [5.74, 6) is 0.203. The molecule has 5 rings (SSSR count). The van der Waals surface area contributed by atoms with Gasteiger partial charge in [-0.2, -0.15) is 0 Å². The number of nitrogens with one attached hydrogen (secondary N) is 2. The van der Waals surface area contributed by atoms with Gasteiger partial charge in [0, 0.05) is 40.9 Å². The van der Waals surface area contributed by atoms with E-state index >= 15 is 0 Å². The monoisotopic (exact) mass is 600 g/mol. The van der Waals surface area contributed by atoms with Crippen LogP contribution in [0.3, 0.4) is 0 Å².